The van der Waals surface area contributed by atoms with Gasteiger partial charge >= 0.3 is 0 Å². The summed E-state index contributed by atoms with van der Waals surface area (Å²) >= 11 is 6.40. The van der Waals surface area contributed by atoms with E-state index in [1.165, 1.54) is 12.1 Å². The molecule has 0 radical (unpaired) electrons. The van der Waals surface area contributed by atoms with Crippen LogP contribution in [0.2, 0.25) is 5.02 Å². The van der Waals surface area contributed by atoms with Crippen LogP contribution in [0, 0.1) is 5.82 Å². The maximum atomic E-state index is 14.3. The number of halogens is 2. The Morgan fingerprint density at radius 1 is 1.23 bits per heavy atom. The number of benzene rings is 2. The molecule has 3 aromatic heterocycles. The van der Waals surface area contributed by atoms with Crippen LogP contribution < -0.4 is 10.6 Å². The molecule has 1 amide bonds. The van der Waals surface area contributed by atoms with E-state index in [1.807, 2.05) is 30.5 Å². The van der Waals surface area contributed by atoms with Gasteiger partial charge in [-0.15, -0.1) is 0 Å². The van der Waals surface area contributed by atoms with Crippen molar-refractivity contribution in [2.45, 2.75) is 6.54 Å². The van der Waals surface area contributed by atoms with Crippen molar-refractivity contribution in [3.8, 4) is 11.3 Å². The summed E-state index contributed by atoms with van der Waals surface area (Å²) < 4.78 is 16.0. The number of hydrogen-bond donors (Lipinski definition) is 3. The average molecular weight is 488 g/mol. The highest BCUT2D eigenvalue weighted by atomic mass is 35.5. The van der Waals surface area contributed by atoms with E-state index in [9.17, 15) is 9.18 Å². The number of amides is 1. The Hall–Kier alpha value is -4.50. The molecular weight excluding hydrogens is 469 g/mol. The molecule has 0 bridgehead atoms. The molecule has 0 fully saturated rings. The lowest BCUT2D eigenvalue weighted by Gasteiger charge is -2.07. The van der Waals surface area contributed by atoms with Crippen LogP contribution in [0.4, 0.5) is 21.7 Å². The van der Waals surface area contributed by atoms with Crippen LogP contribution in [0.3, 0.4) is 0 Å². The van der Waals surface area contributed by atoms with Crippen LogP contribution in [0.1, 0.15) is 5.56 Å². The predicted molar refractivity (Wildman–Crippen MR) is 134 cm³/mol. The normalized spacial score (nSPS) is 10.9. The Morgan fingerprint density at radius 2 is 2.09 bits per heavy atom. The second-order valence-corrected chi connectivity index (χ2v) is 8.10. The molecule has 2 aromatic carbocycles. The van der Waals surface area contributed by atoms with Gasteiger partial charge in [0, 0.05) is 28.9 Å². The van der Waals surface area contributed by atoms with Crippen molar-refractivity contribution in [2.75, 3.05) is 10.6 Å². The standard InChI is InChI=1S/C25H19ClFN7O/c1-2-23(35)32-22-8-7-15(9-20(22)27)13-34-14-16(10-30-34)31-25-29-12-19(26)24(33-25)18-11-28-21-6-4-3-5-17(18)21/h2-12,14,28H,1,13H2,(H,32,35)(H,29,31,33). The monoisotopic (exact) mass is 487 g/mol. The van der Waals surface area contributed by atoms with Crippen molar-refractivity contribution in [2.24, 2.45) is 0 Å². The molecule has 0 saturated carbocycles. The van der Waals surface area contributed by atoms with E-state index in [2.05, 4.69) is 37.3 Å². The Morgan fingerprint density at radius 3 is 2.91 bits per heavy atom. The molecule has 0 unspecified atom stereocenters. The maximum absolute atomic E-state index is 14.3. The van der Waals surface area contributed by atoms with Gasteiger partial charge in [-0.05, 0) is 29.8 Å². The summed E-state index contributed by atoms with van der Waals surface area (Å²) in [5.41, 5.74) is 3.90. The van der Waals surface area contributed by atoms with Crippen LogP contribution in [-0.2, 0) is 11.3 Å². The lowest BCUT2D eigenvalue weighted by molar-refractivity contribution is -0.111. The molecule has 0 saturated heterocycles. The number of para-hydroxylation sites is 1. The smallest absolute Gasteiger partial charge is 0.247 e. The van der Waals surface area contributed by atoms with E-state index in [4.69, 9.17) is 11.6 Å². The molecule has 3 N–H and O–H groups in total. The van der Waals surface area contributed by atoms with Crippen molar-refractivity contribution in [3.63, 3.8) is 0 Å². The number of rotatable bonds is 7. The third-order valence-electron chi connectivity index (χ3n) is 5.30. The summed E-state index contributed by atoms with van der Waals surface area (Å²) in [7, 11) is 0. The van der Waals surface area contributed by atoms with Crippen LogP contribution in [0.25, 0.3) is 22.2 Å². The molecule has 10 heteroatoms. The maximum Gasteiger partial charge on any atom is 0.247 e. The van der Waals surface area contributed by atoms with Crippen molar-refractivity contribution in [1.29, 1.82) is 0 Å². The average Bonchev–Trinajstić information content (AvgIpc) is 3.48. The van der Waals surface area contributed by atoms with Crippen molar-refractivity contribution in [1.82, 2.24) is 24.7 Å². The quantitative estimate of drug-likeness (QED) is 0.262. The number of H-pyrrole nitrogens is 1. The van der Waals surface area contributed by atoms with Gasteiger partial charge in [-0.2, -0.15) is 5.10 Å². The minimum Gasteiger partial charge on any atom is -0.360 e. The summed E-state index contributed by atoms with van der Waals surface area (Å²) in [6.07, 6.45) is 7.88. The summed E-state index contributed by atoms with van der Waals surface area (Å²) in [5, 5.41) is 11.3. The molecular formula is C25H19ClFN7O. The third-order valence-corrected chi connectivity index (χ3v) is 5.58. The van der Waals surface area contributed by atoms with Crippen molar-refractivity contribution in [3.05, 3.63) is 96.3 Å². The van der Waals surface area contributed by atoms with Gasteiger partial charge in [0.2, 0.25) is 11.9 Å². The van der Waals surface area contributed by atoms with Gasteiger partial charge in [-0.1, -0.05) is 42.4 Å². The van der Waals surface area contributed by atoms with Gasteiger partial charge in [0.15, 0.2) is 0 Å². The summed E-state index contributed by atoms with van der Waals surface area (Å²) in [6, 6.07) is 12.5. The topological polar surface area (TPSA) is 101 Å². The SMILES string of the molecule is C=CC(=O)Nc1ccc(Cn2cc(Nc3ncc(Cl)c(-c4c[nH]c5ccccc45)n3)cn2)cc1F. The molecule has 8 nitrogen and oxygen atoms in total. The molecule has 35 heavy (non-hydrogen) atoms. The van der Waals surface area contributed by atoms with Gasteiger partial charge in [-0.3, -0.25) is 9.48 Å². The zero-order chi connectivity index (χ0) is 24.4. The zero-order valence-corrected chi connectivity index (χ0v) is 19.1. The Kier molecular flexibility index (Phi) is 5.99. The van der Waals surface area contributed by atoms with E-state index in [1.54, 1.807) is 29.3 Å². The summed E-state index contributed by atoms with van der Waals surface area (Å²) in [6.45, 7) is 3.69. The first-order valence-electron chi connectivity index (χ1n) is 10.6. The Balaban J connectivity index is 1.32. The molecule has 3 heterocycles. The highest BCUT2D eigenvalue weighted by molar-refractivity contribution is 6.33. The second kappa shape index (κ2) is 9.40. The highest BCUT2D eigenvalue weighted by Gasteiger charge is 2.13. The molecule has 174 valence electrons. The minimum atomic E-state index is -0.539. The van der Waals surface area contributed by atoms with Crippen molar-refractivity contribution < 1.29 is 9.18 Å². The largest absolute Gasteiger partial charge is 0.360 e. The molecule has 0 atom stereocenters. The van der Waals surface area contributed by atoms with Gasteiger partial charge in [0.25, 0.3) is 0 Å². The first kappa shape index (κ1) is 22.3. The number of aromatic nitrogens is 5. The minimum absolute atomic E-state index is 0.0902. The number of nitrogens with one attached hydrogen (secondary N) is 3. The van der Waals surface area contributed by atoms with E-state index in [-0.39, 0.29) is 5.69 Å². The Bertz CT molecular complexity index is 1560. The molecule has 0 aliphatic rings. The number of nitrogens with zero attached hydrogens (tertiary/aromatic N) is 4. The fourth-order valence-electron chi connectivity index (χ4n) is 3.66. The van der Waals surface area contributed by atoms with Gasteiger partial charge in [-0.25, -0.2) is 14.4 Å². The van der Waals surface area contributed by atoms with E-state index < -0.39 is 11.7 Å². The molecule has 5 aromatic rings. The number of carbonyl (C=O) groups excluding carboxylic acids is 1. The first-order valence-corrected chi connectivity index (χ1v) is 11.0. The van der Waals surface area contributed by atoms with Gasteiger partial charge < -0.3 is 15.6 Å². The van der Waals surface area contributed by atoms with Crippen LogP contribution in [0.15, 0.2) is 79.9 Å². The third kappa shape index (κ3) is 4.75. The van der Waals surface area contributed by atoms with Crippen LogP contribution in [0.5, 0.6) is 0 Å². The molecule has 0 aliphatic carbocycles. The first-order chi connectivity index (χ1) is 17.0. The van der Waals surface area contributed by atoms with Crippen LogP contribution >= 0.6 is 11.6 Å². The van der Waals surface area contributed by atoms with Crippen LogP contribution in [-0.4, -0.2) is 30.6 Å². The van der Waals surface area contributed by atoms with E-state index >= 15 is 0 Å². The number of aromatic amines is 1. The van der Waals surface area contributed by atoms with Crippen molar-refractivity contribution >= 4 is 45.7 Å². The fraction of sp³-hybridized carbons (Fsp3) is 0.0400. The number of fused-ring (bicyclic) bond motifs is 1. The van der Waals surface area contributed by atoms with Gasteiger partial charge in [0.1, 0.15) is 5.82 Å². The highest BCUT2D eigenvalue weighted by Crippen LogP contribution is 2.32. The van der Waals surface area contributed by atoms with E-state index in [0.717, 1.165) is 22.5 Å². The number of hydrogen-bond acceptors (Lipinski definition) is 5. The fourth-order valence-corrected chi connectivity index (χ4v) is 3.85. The van der Waals surface area contributed by atoms with E-state index in [0.29, 0.717) is 34.5 Å². The number of anilines is 3. The number of carbonyl (C=O) groups is 1. The lowest BCUT2D eigenvalue weighted by atomic mass is 10.1. The van der Waals surface area contributed by atoms with Gasteiger partial charge in [0.05, 0.1) is 41.0 Å². The second-order valence-electron chi connectivity index (χ2n) is 7.70. The molecule has 0 aliphatic heterocycles. The zero-order valence-electron chi connectivity index (χ0n) is 18.3. The predicted octanol–water partition coefficient (Wildman–Crippen LogP) is 5.53. The molecule has 0 spiro atoms. The Labute approximate surface area is 204 Å². The lowest BCUT2D eigenvalue weighted by Crippen LogP contribution is -2.09. The summed E-state index contributed by atoms with van der Waals surface area (Å²) in [5.74, 6) is -0.651. The summed E-state index contributed by atoms with van der Waals surface area (Å²) in [4.78, 5) is 23.5. The molecule has 5 rings (SSSR count).